The average Bonchev–Trinajstić information content (AvgIpc) is 2.70. The van der Waals surface area contributed by atoms with Crippen molar-refractivity contribution in [3.63, 3.8) is 0 Å². The van der Waals surface area contributed by atoms with Gasteiger partial charge in [-0.1, -0.05) is 42.1 Å². The molecule has 0 radical (unpaired) electrons. The number of allylic oxidation sites excluding steroid dienone is 2. The largest absolute Gasteiger partial charge is 0.495 e. The van der Waals surface area contributed by atoms with E-state index in [9.17, 15) is 4.79 Å². The molecule has 0 aliphatic heterocycles. The highest BCUT2D eigenvalue weighted by Gasteiger charge is 2.21. The number of anilines is 1. The van der Waals surface area contributed by atoms with Gasteiger partial charge in [0.05, 0.1) is 24.8 Å². The minimum absolute atomic E-state index is 0.00840. The summed E-state index contributed by atoms with van der Waals surface area (Å²) in [5.74, 6) is 1.37. The number of carbonyl (C=O) groups is 1. The topological polar surface area (TPSA) is 47.6 Å². The van der Waals surface area contributed by atoms with Crippen LogP contribution in [0.1, 0.15) is 19.3 Å². The molecule has 1 amide bonds. The van der Waals surface area contributed by atoms with Crippen LogP contribution in [0.4, 0.5) is 5.69 Å². The third-order valence-corrected chi connectivity index (χ3v) is 5.40. The van der Waals surface area contributed by atoms with Crippen molar-refractivity contribution in [2.75, 3.05) is 19.5 Å². The lowest BCUT2D eigenvalue weighted by molar-refractivity contribution is -0.120. The predicted octanol–water partition coefficient (Wildman–Crippen LogP) is 5.15. The SMILES string of the molecule is COc1cc(Sc2ccccc2)c(OC)cc1NC(=O)C1CC=CCC1. The summed E-state index contributed by atoms with van der Waals surface area (Å²) in [7, 11) is 3.24. The molecule has 1 aliphatic carbocycles. The second-order valence-corrected chi connectivity index (χ2v) is 7.20. The maximum atomic E-state index is 12.6. The van der Waals surface area contributed by atoms with Gasteiger partial charge in [-0.25, -0.2) is 0 Å². The number of amides is 1. The highest BCUT2D eigenvalue weighted by atomic mass is 32.2. The van der Waals surface area contributed by atoms with Gasteiger partial charge in [-0.15, -0.1) is 0 Å². The van der Waals surface area contributed by atoms with E-state index in [1.807, 2.05) is 42.5 Å². The van der Waals surface area contributed by atoms with Gasteiger partial charge in [0.1, 0.15) is 11.5 Å². The number of nitrogens with one attached hydrogen (secondary N) is 1. The van der Waals surface area contributed by atoms with E-state index in [0.717, 1.165) is 29.1 Å². The minimum Gasteiger partial charge on any atom is -0.495 e. The molecule has 0 bridgehead atoms. The molecule has 1 unspecified atom stereocenters. The molecule has 1 atom stereocenters. The number of hydrogen-bond donors (Lipinski definition) is 1. The highest BCUT2D eigenvalue weighted by Crippen LogP contribution is 2.41. The maximum absolute atomic E-state index is 12.6. The number of hydrogen-bond acceptors (Lipinski definition) is 4. The van der Waals surface area contributed by atoms with Gasteiger partial charge in [0, 0.05) is 16.9 Å². The summed E-state index contributed by atoms with van der Waals surface area (Å²) >= 11 is 1.60. The van der Waals surface area contributed by atoms with E-state index >= 15 is 0 Å². The zero-order chi connectivity index (χ0) is 18.4. The van der Waals surface area contributed by atoms with E-state index in [1.54, 1.807) is 26.0 Å². The summed E-state index contributed by atoms with van der Waals surface area (Å²) in [4.78, 5) is 14.6. The van der Waals surface area contributed by atoms with Crippen LogP contribution in [0.5, 0.6) is 11.5 Å². The van der Waals surface area contributed by atoms with Gasteiger partial charge in [-0.05, 0) is 37.5 Å². The van der Waals surface area contributed by atoms with Crippen molar-refractivity contribution in [3.8, 4) is 11.5 Å². The Morgan fingerprint density at radius 3 is 2.50 bits per heavy atom. The third-order valence-electron chi connectivity index (χ3n) is 4.35. The Morgan fingerprint density at radius 2 is 1.85 bits per heavy atom. The van der Waals surface area contributed by atoms with Crippen molar-refractivity contribution in [3.05, 3.63) is 54.6 Å². The van der Waals surface area contributed by atoms with Crippen molar-refractivity contribution in [1.82, 2.24) is 0 Å². The highest BCUT2D eigenvalue weighted by molar-refractivity contribution is 7.99. The molecule has 3 rings (SSSR count). The molecule has 26 heavy (non-hydrogen) atoms. The van der Waals surface area contributed by atoms with E-state index in [1.165, 1.54) is 0 Å². The molecule has 5 heteroatoms. The number of carbonyl (C=O) groups excluding carboxylic acids is 1. The number of ether oxygens (including phenoxy) is 2. The van der Waals surface area contributed by atoms with Gasteiger partial charge in [0.15, 0.2) is 0 Å². The zero-order valence-electron chi connectivity index (χ0n) is 15.0. The first-order valence-electron chi connectivity index (χ1n) is 8.66. The first-order chi connectivity index (χ1) is 12.7. The Morgan fingerprint density at radius 1 is 1.08 bits per heavy atom. The predicted molar refractivity (Wildman–Crippen MR) is 105 cm³/mol. The Balaban J connectivity index is 1.84. The van der Waals surface area contributed by atoms with E-state index < -0.39 is 0 Å². The van der Waals surface area contributed by atoms with Gasteiger partial charge in [-0.3, -0.25) is 4.79 Å². The molecule has 0 aromatic heterocycles. The lowest BCUT2D eigenvalue weighted by Gasteiger charge is -2.19. The number of rotatable bonds is 6. The van der Waals surface area contributed by atoms with Crippen LogP contribution in [0.2, 0.25) is 0 Å². The Hall–Kier alpha value is -2.40. The summed E-state index contributed by atoms with van der Waals surface area (Å²) in [5.41, 5.74) is 0.640. The first-order valence-corrected chi connectivity index (χ1v) is 9.47. The molecule has 136 valence electrons. The molecule has 0 heterocycles. The maximum Gasteiger partial charge on any atom is 0.227 e. The van der Waals surface area contributed by atoms with Crippen LogP contribution in [-0.2, 0) is 4.79 Å². The Labute approximate surface area is 158 Å². The van der Waals surface area contributed by atoms with Gasteiger partial charge < -0.3 is 14.8 Å². The van der Waals surface area contributed by atoms with Gasteiger partial charge in [0.2, 0.25) is 5.91 Å². The summed E-state index contributed by atoms with van der Waals surface area (Å²) in [5, 5.41) is 3.01. The number of methoxy groups -OCH3 is 2. The molecule has 1 N–H and O–H groups in total. The number of benzene rings is 2. The molecule has 0 saturated heterocycles. The van der Waals surface area contributed by atoms with E-state index in [-0.39, 0.29) is 11.8 Å². The smallest absolute Gasteiger partial charge is 0.227 e. The van der Waals surface area contributed by atoms with Crippen LogP contribution in [0, 0.1) is 5.92 Å². The van der Waals surface area contributed by atoms with E-state index in [2.05, 4.69) is 17.5 Å². The van der Waals surface area contributed by atoms with Crippen molar-refractivity contribution in [1.29, 1.82) is 0 Å². The molecular formula is C21H23NO3S. The molecule has 2 aromatic carbocycles. The Bertz CT molecular complexity index is 789. The lowest BCUT2D eigenvalue weighted by Crippen LogP contribution is -2.23. The van der Waals surface area contributed by atoms with Crippen molar-refractivity contribution >= 4 is 23.4 Å². The first kappa shape index (κ1) is 18.4. The summed E-state index contributed by atoms with van der Waals surface area (Å²) in [6.07, 6.45) is 6.82. The summed E-state index contributed by atoms with van der Waals surface area (Å²) < 4.78 is 11.1. The summed E-state index contributed by atoms with van der Waals surface area (Å²) in [6, 6.07) is 13.8. The third kappa shape index (κ3) is 4.41. The standard InChI is InChI=1S/C21H23NO3S/c1-24-18-14-20(26-16-11-7-4-8-12-16)19(25-2)13-17(18)22-21(23)15-9-5-3-6-10-15/h3-5,7-8,11-15H,6,9-10H2,1-2H3,(H,22,23). The quantitative estimate of drug-likeness (QED) is 0.716. The fraction of sp³-hybridized carbons (Fsp3) is 0.286. The van der Waals surface area contributed by atoms with Crippen LogP contribution in [0.25, 0.3) is 0 Å². The lowest BCUT2D eigenvalue weighted by atomic mass is 9.93. The van der Waals surface area contributed by atoms with E-state index in [4.69, 9.17) is 9.47 Å². The van der Waals surface area contributed by atoms with Crippen LogP contribution in [0.15, 0.2) is 64.4 Å². The van der Waals surface area contributed by atoms with Crippen LogP contribution in [-0.4, -0.2) is 20.1 Å². The van der Waals surface area contributed by atoms with Crippen LogP contribution < -0.4 is 14.8 Å². The van der Waals surface area contributed by atoms with Crippen LogP contribution >= 0.6 is 11.8 Å². The van der Waals surface area contributed by atoms with Gasteiger partial charge in [0.25, 0.3) is 0 Å². The second-order valence-electron chi connectivity index (χ2n) is 6.09. The molecule has 4 nitrogen and oxygen atoms in total. The zero-order valence-corrected chi connectivity index (χ0v) is 15.8. The van der Waals surface area contributed by atoms with Crippen molar-refractivity contribution in [2.45, 2.75) is 29.1 Å². The van der Waals surface area contributed by atoms with E-state index in [0.29, 0.717) is 17.2 Å². The second kappa shape index (κ2) is 8.81. The van der Waals surface area contributed by atoms with Crippen molar-refractivity contribution < 1.29 is 14.3 Å². The molecule has 0 spiro atoms. The Kier molecular flexibility index (Phi) is 6.23. The monoisotopic (exact) mass is 369 g/mol. The van der Waals surface area contributed by atoms with Gasteiger partial charge >= 0.3 is 0 Å². The summed E-state index contributed by atoms with van der Waals surface area (Å²) in [6.45, 7) is 0. The molecule has 0 fully saturated rings. The molecule has 2 aromatic rings. The van der Waals surface area contributed by atoms with Crippen LogP contribution in [0.3, 0.4) is 0 Å². The molecule has 1 aliphatic rings. The fourth-order valence-corrected chi connectivity index (χ4v) is 3.89. The normalized spacial score (nSPS) is 16.2. The average molecular weight is 369 g/mol. The molecule has 0 saturated carbocycles. The molecular weight excluding hydrogens is 346 g/mol. The van der Waals surface area contributed by atoms with Crippen molar-refractivity contribution in [2.24, 2.45) is 5.92 Å². The fourth-order valence-electron chi connectivity index (χ4n) is 2.93. The van der Waals surface area contributed by atoms with Gasteiger partial charge in [-0.2, -0.15) is 0 Å². The minimum atomic E-state index is 0.00840.